The molecule has 0 aromatic heterocycles. The Balaban J connectivity index is 1.51. The van der Waals surface area contributed by atoms with Gasteiger partial charge in [0.15, 0.2) is 5.82 Å². The second-order valence-electron chi connectivity index (χ2n) is 11.8. The fourth-order valence-corrected chi connectivity index (χ4v) is 6.12. The van der Waals surface area contributed by atoms with Crippen LogP contribution in [0.3, 0.4) is 0 Å². The lowest BCUT2D eigenvalue weighted by Gasteiger charge is -2.42. The van der Waals surface area contributed by atoms with Crippen molar-refractivity contribution >= 4 is 52.5 Å². The average Bonchev–Trinajstić information content (AvgIpc) is 2.98. The zero-order valence-electron chi connectivity index (χ0n) is 24.7. The zero-order chi connectivity index (χ0) is 32.2. The van der Waals surface area contributed by atoms with E-state index in [-0.39, 0.29) is 66.0 Å². The molecule has 2 aromatic carbocycles. The van der Waals surface area contributed by atoms with Gasteiger partial charge in [0.05, 0.1) is 15.7 Å². The number of carbonyl (C=O) groups is 4. The minimum atomic E-state index is -1.19. The predicted octanol–water partition coefficient (Wildman–Crippen LogP) is 4.57. The normalized spacial score (nSPS) is 18.3. The summed E-state index contributed by atoms with van der Waals surface area (Å²) in [7, 11) is 0. The molecule has 2 aliphatic rings. The number of benzene rings is 2. The van der Waals surface area contributed by atoms with Gasteiger partial charge in [-0.15, -0.1) is 0 Å². The molecule has 44 heavy (non-hydrogen) atoms. The van der Waals surface area contributed by atoms with Gasteiger partial charge in [0, 0.05) is 37.9 Å². The van der Waals surface area contributed by atoms with Crippen LogP contribution < -0.4 is 16.4 Å². The van der Waals surface area contributed by atoms with Crippen LogP contribution in [0.5, 0.6) is 0 Å². The first-order chi connectivity index (χ1) is 20.8. The van der Waals surface area contributed by atoms with E-state index in [0.717, 1.165) is 19.3 Å². The van der Waals surface area contributed by atoms with E-state index >= 15 is 0 Å². The minimum absolute atomic E-state index is 0.00382. The number of piperidine rings is 1. The van der Waals surface area contributed by atoms with Crippen molar-refractivity contribution in [3.63, 3.8) is 0 Å². The molecule has 0 radical (unpaired) electrons. The van der Waals surface area contributed by atoms with Crippen molar-refractivity contribution < 1.29 is 28.0 Å². The molecule has 0 unspecified atom stereocenters. The topological polar surface area (TPSA) is 125 Å². The minimum Gasteiger partial charge on any atom is -0.342 e. The van der Waals surface area contributed by atoms with Gasteiger partial charge < -0.3 is 26.2 Å². The van der Waals surface area contributed by atoms with Crippen molar-refractivity contribution in [2.24, 2.45) is 5.73 Å². The lowest BCUT2D eigenvalue weighted by atomic mass is 9.90. The number of anilines is 1. The van der Waals surface area contributed by atoms with Gasteiger partial charge in [0.2, 0.25) is 23.6 Å². The monoisotopic (exact) mass is 651 g/mol. The highest BCUT2D eigenvalue weighted by molar-refractivity contribution is 6.42. The maximum absolute atomic E-state index is 14.6. The summed E-state index contributed by atoms with van der Waals surface area (Å²) in [5.74, 6) is -3.38. The fraction of sp³-hybridized carbons (Fsp3) is 0.484. The van der Waals surface area contributed by atoms with Crippen LogP contribution in [-0.2, 0) is 32.1 Å². The van der Waals surface area contributed by atoms with Crippen LogP contribution in [0.1, 0.15) is 63.5 Å². The molecule has 4 N–H and O–H groups in total. The lowest BCUT2D eigenvalue weighted by Crippen LogP contribution is -2.56. The summed E-state index contributed by atoms with van der Waals surface area (Å²) >= 11 is 11.7. The van der Waals surface area contributed by atoms with Crippen LogP contribution in [0.25, 0.3) is 0 Å². The second-order valence-corrected chi connectivity index (χ2v) is 12.6. The van der Waals surface area contributed by atoms with Gasteiger partial charge in [-0.05, 0) is 81.5 Å². The summed E-state index contributed by atoms with van der Waals surface area (Å²) in [6.07, 6.45) is 2.68. The smallest absolute Gasteiger partial charge is 0.247 e. The van der Waals surface area contributed by atoms with Gasteiger partial charge in [-0.2, -0.15) is 0 Å². The third-order valence-electron chi connectivity index (χ3n) is 8.31. The fourth-order valence-electron chi connectivity index (χ4n) is 5.81. The largest absolute Gasteiger partial charge is 0.342 e. The molecular formula is C31H37Cl2F2N5O4. The Labute approximate surface area is 265 Å². The molecule has 1 fully saturated rings. The van der Waals surface area contributed by atoms with Gasteiger partial charge in [-0.3, -0.25) is 19.2 Å². The van der Waals surface area contributed by atoms with Gasteiger partial charge in [-0.1, -0.05) is 29.3 Å². The van der Waals surface area contributed by atoms with E-state index in [0.29, 0.717) is 17.7 Å². The molecule has 0 saturated carbocycles. The van der Waals surface area contributed by atoms with Crippen LogP contribution in [0.4, 0.5) is 14.5 Å². The van der Waals surface area contributed by atoms with Gasteiger partial charge >= 0.3 is 0 Å². The van der Waals surface area contributed by atoms with Gasteiger partial charge in [-0.25, -0.2) is 8.78 Å². The SMILES string of the molecule is CC1(C)CCCCN1C(=O)CCC(=O)N1Cc2ccc(F)cc2C[C@H]1C(=O)N[C@@H](CCN)C(=O)Nc1ccc(Cl)c(Cl)c1F. The number of rotatable bonds is 9. The molecule has 13 heteroatoms. The maximum Gasteiger partial charge on any atom is 0.247 e. The molecule has 2 atom stereocenters. The van der Waals surface area contributed by atoms with Crippen LogP contribution >= 0.6 is 23.2 Å². The Morgan fingerprint density at radius 1 is 1.05 bits per heavy atom. The van der Waals surface area contributed by atoms with Crippen LogP contribution in [0.2, 0.25) is 10.0 Å². The molecule has 2 heterocycles. The molecular weight excluding hydrogens is 615 g/mol. The van der Waals surface area contributed by atoms with Crippen molar-refractivity contribution in [3.05, 3.63) is 63.1 Å². The lowest BCUT2D eigenvalue weighted by molar-refractivity contribution is -0.145. The summed E-state index contributed by atoms with van der Waals surface area (Å²) in [4.78, 5) is 56.6. The van der Waals surface area contributed by atoms with Crippen LogP contribution in [0, 0.1) is 11.6 Å². The Bertz CT molecular complexity index is 1440. The number of halogens is 4. The van der Waals surface area contributed by atoms with Crippen LogP contribution in [-0.4, -0.2) is 64.1 Å². The molecule has 2 aliphatic heterocycles. The van der Waals surface area contributed by atoms with Crippen LogP contribution in [0.15, 0.2) is 30.3 Å². The van der Waals surface area contributed by atoms with E-state index < -0.39 is 41.4 Å². The summed E-state index contributed by atoms with van der Waals surface area (Å²) in [5.41, 5.74) is 6.41. The molecule has 4 rings (SSSR count). The predicted molar refractivity (Wildman–Crippen MR) is 164 cm³/mol. The van der Waals surface area contributed by atoms with E-state index in [1.165, 1.54) is 29.2 Å². The maximum atomic E-state index is 14.6. The molecule has 0 aliphatic carbocycles. The molecule has 4 amide bonds. The van der Waals surface area contributed by atoms with Gasteiger partial charge in [0.1, 0.15) is 17.9 Å². The number of likely N-dealkylation sites (tertiary alicyclic amines) is 1. The number of amides is 4. The average molecular weight is 653 g/mol. The van der Waals surface area contributed by atoms with Crippen molar-refractivity contribution in [2.75, 3.05) is 18.4 Å². The number of nitrogens with two attached hydrogens (primary N) is 1. The third-order valence-corrected chi connectivity index (χ3v) is 9.09. The second kappa shape index (κ2) is 14.2. The number of nitrogens with one attached hydrogen (secondary N) is 2. The van der Waals surface area contributed by atoms with E-state index in [1.54, 1.807) is 6.07 Å². The Morgan fingerprint density at radius 2 is 1.77 bits per heavy atom. The Hall–Kier alpha value is -3.28. The number of carbonyl (C=O) groups excluding carboxylic acids is 4. The molecule has 0 spiro atoms. The summed E-state index contributed by atoms with van der Waals surface area (Å²) in [5, 5.41) is 4.63. The first-order valence-electron chi connectivity index (χ1n) is 14.6. The van der Waals surface area contributed by atoms with Crippen molar-refractivity contribution in [1.29, 1.82) is 0 Å². The molecule has 238 valence electrons. The van der Waals surface area contributed by atoms with Crippen molar-refractivity contribution in [3.8, 4) is 0 Å². The number of nitrogens with zero attached hydrogens (tertiary/aromatic N) is 2. The van der Waals surface area contributed by atoms with Crippen molar-refractivity contribution in [1.82, 2.24) is 15.1 Å². The quantitative estimate of drug-likeness (QED) is 0.343. The highest BCUT2D eigenvalue weighted by atomic mass is 35.5. The molecule has 1 saturated heterocycles. The molecule has 9 nitrogen and oxygen atoms in total. The Kier molecular flexibility index (Phi) is 10.9. The molecule has 0 bridgehead atoms. The molecule has 2 aromatic rings. The number of hydrogen-bond donors (Lipinski definition) is 3. The first-order valence-corrected chi connectivity index (χ1v) is 15.4. The number of hydrogen-bond acceptors (Lipinski definition) is 5. The van der Waals surface area contributed by atoms with E-state index in [1.807, 2.05) is 18.7 Å². The third kappa shape index (κ3) is 7.68. The number of fused-ring (bicyclic) bond motifs is 1. The highest BCUT2D eigenvalue weighted by Crippen LogP contribution is 2.31. The summed E-state index contributed by atoms with van der Waals surface area (Å²) in [6, 6.07) is 4.45. The summed E-state index contributed by atoms with van der Waals surface area (Å²) < 4.78 is 28.7. The highest BCUT2D eigenvalue weighted by Gasteiger charge is 2.38. The van der Waals surface area contributed by atoms with Gasteiger partial charge in [0.25, 0.3) is 0 Å². The van der Waals surface area contributed by atoms with E-state index in [2.05, 4.69) is 10.6 Å². The standard InChI is InChI=1S/C31H37Cl2F2N5O4/c1-31(2)12-3-4-14-40(31)26(42)10-9-25(41)39-17-18-5-6-20(34)15-19(18)16-24(39)30(44)38-23(11-13-36)29(43)37-22-8-7-21(32)27(33)28(22)35/h5-8,15,23-24H,3-4,9-14,16-17,36H2,1-2H3,(H,37,43)(H,38,44)/t23-,24-/m0/s1. The van der Waals surface area contributed by atoms with E-state index in [9.17, 15) is 28.0 Å². The Morgan fingerprint density at radius 3 is 2.48 bits per heavy atom. The zero-order valence-corrected chi connectivity index (χ0v) is 26.2. The van der Waals surface area contributed by atoms with Crippen molar-refractivity contribution in [2.45, 2.75) is 83.0 Å². The first kappa shape index (κ1) is 33.6. The van der Waals surface area contributed by atoms with E-state index in [4.69, 9.17) is 28.9 Å². The summed E-state index contributed by atoms with van der Waals surface area (Å²) in [6.45, 7) is 4.69.